The summed E-state index contributed by atoms with van der Waals surface area (Å²) in [6.07, 6.45) is 0. The monoisotopic (exact) mass is 267 g/mol. The number of ether oxygens (including phenoxy) is 1. The Labute approximate surface area is 110 Å². The van der Waals surface area contributed by atoms with Crippen molar-refractivity contribution in [3.63, 3.8) is 0 Å². The molecule has 5 nitrogen and oxygen atoms in total. The maximum Gasteiger partial charge on any atom is 0.264 e. The number of aryl methyl sites for hydroxylation is 1. The third-order valence-corrected chi connectivity index (χ3v) is 2.62. The molecule has 0 amide bonds. The minimum absolute atomic E-state index is 0.164. The summed E-state index contributed by atoms with van der Waals surface area (Å²) in [5.41, 5.74) is 6.71. The number of hydrogen-bond acceptors (Lipinski definition) is 5. The summed E-state index contributed by atoms with van der Waals surface area (Å²) in [7, 11) is 0. The first-order valence-electron chi connectivity index (χ1n) is 5.53. The smallest absolute Gasteiger partial charge is 0.264 e. The van der Waals surface area contributed by atoms with Crippen LogP contribution in [0, 0.1) is 6.92 Å². The highest BCUT2D eigenvalue weighted by Crippen LogP contribution is 2.27. The van der Waals surface area contributed by atoms with E-state index in [1.54, 1.807) is 25.1 Å². The number of aromatic nitrogens is 2. The summed E-state index contributed by atoms with van der Waals surface area (Å²) >= 11 is 5.93. The third kappa shape index (κ3) is 3.00. The van der Waals surface area contributed by atoms with E-state index < -0.39 is 0 Å². The molecule has 96 valence electrons. The number of benzene rings is 1. The number of rotatable bonds is 4. The first kappa shape index (κ1) is 12.9. The molecule has 6 heteroatoms. The fourth-order valence-corrected chi connectivity index (χ4v) is 1.73. The van der Waals surface area contributed by atoms with Gasteiger partial charge in [0.2, 0.25) is 0 Å². The Bertz CT molecular complexity index is 540. The van der Waals surface area contributed by atoms with Gasteiger partial charge in [0.15, 0.2) is 12.4 Å². The SMILES string of the molecule is Cc1noc(COc2ccc(Cl)cc2C(C)N)n1. The molecule has 0 bridgehead atoms. The number of nitrogens with two attached hydrogens (primary N) is 1. The van der Waals surface area contributed by atoms with Gasteiger partial charge in [0.25, 0.3) is 5.89 Å². The molecule has 1 unspecified atom stereocenters. The average molecular weight is 268 g/mol. The van der Waals surface area contributed by atoms with Gasteiger partial charge in [0.1, 0.15) is 5.75 Å². The van der Waals surface area contributed by atoms with E-state index in [9.17, 15) is 0 Å². The van der Waals surface area contributed by atoms with Gasteiger partial charge in [0.05, 0.1) is 0 Å². The Kier molecular flexibility index (Phi) is 3.84. The summed E-state index contributed by atoms with van der Waals surface area (Å²) in [4.78, 5) is 4.06. The fraction of sp³-hybridized carbons (Fsp3) is 0.333. The average Bonchev–Trinajstić information content (AvgIpc) is 2.73. The van der Waals surface area contributed by atoms with Crippen molar-refractivity contribution in [2.24, 2.45) is 5.73 Å². The van der Waals surface area contributed by atoms with Gasteiger partial charge in [-0.3, -0.25) is 0 Å². The van der Waals surface area contributed by atoms with Gasteiger partial charge >= 0.3 is 0 Å². The highest BCUT2D eigenvalue weighted by Gasteiger charge is 2.11. The van der Waals surface area contributed by atoms with E-state index in [1.165, 1.54) is 0 Å². The van der Waals surface area contributed by atoms with Crippen LogP contribution < -0.4 is 10.5 Å². The summed E-state index contributed by atoms with van der Waals surface area (Å²) < 4.78 is 10.6. The molecule has 0 aliphatic carbocycles. The lowest BCUT2D eigenvalue weighted by Gasteiger charge is -2.13. The van der Waals surface area contributed by atoms with E-state index in [4.69, 9.17) is 26.6 Å². The highest BCUT2D eigenvalue weighted by atomic mass is 35.5. The maximum absolute atomic E-state index is 5.93. The van der Waals surface area contributed by atoms with E-state index >= 15 is 0 Å². The van der Waals surface area contributed by atoms with E-state index in [-0.39, 0.29) is 12.6 Å². The molecule has 0 aliphatic heterocycles. The minimum Gasteiger partial charge on any atom is -0.483 e. The van der Waals surface area contributed by atoms with Crippen LogP contribution >= 0.6 is 11.6 Å². The molecule has 1 aromatic heterocycles. The van der Waals surface area contributed by atoms with Gasteiger partial charge in [-0.15, -0.1) is 0 Å². The van der Waals surface area contributed by atoms with Crippen LogP contribution in [0.25, 0.3) is 0 Å². The second-order valence-electron chi connectivity index (χ2n) is 3.99. The van der Waals surface area contributed by atoms with Crippen molar-refractivity contribution >= 4 is 11.6 Å². The zero-order valence-electron chi connectivity index (χ0n) is 10.2. The molecule has 0 spiro atoms. The van der Waals surface area contributed by atoms with Crippen LogP contribution in [0.5, 0.6) is 5.75 Å². The van der Waals surface area contributed by atoms with Crippen LogP contribution in [-0.4, -0.2) is 10.1 Å². The van der Waals surface area contributed by atoms with Crippen molar-refractivity contribution in [3.05, 3.63) is 40.5 Å². The molecule has 0 fully saturated rings. The number of hydrogen-bond donors (Lipinski definition) is 1. The first-order chi connectivity index (χ1) is 8.56. The Balaban J connectivity index is 2.13. The molecule has 2 rings (SSSR count). The van der Waals surface area contributed by atoms with Crippen molar-refractivity contribution in [1.29, 1.82) is 0 Å². The van der Waals surface area contributed by atoms with Crippen LogP contribution in [-0.2, 0) is 6.61 Å². The van der Waals surface area contributed by atoms with E-state index in [0.717, 1.165) is 5.56 Å². The lowest BCUT2D eigenvalue weighted by Crippen LogP contribution is -2.08. The van der Waals surface area contributed by atoms with E-state index in [2.05, 4.69) is 10.1 Å². The molecule has 0 radical (unpaired) electrons. The van der Waals surface area contributed by atoms with Crippen LogP contribution in [0.1, 0.15) is 30.2 Å². The fourth-order valence-electron chi connectivity index (χ4n) is 1.54. The molecule has 1 aromatic carbocycles. The second kappa shape index (κ2) is 5.37. The van der Waals surface area contributed by atoms with Gasteiger partial charge in [-0.05, 0) is 32.0 Å². The molecule has 1 heterocycles. The molecule has 0 saturated carbocycles. The Morgan fingerprint density at radius 2 is 2.28 bits per heavy atom. The lowest BCUT2D eigenvalue weighted by molar-refractivity contribution is 0.240. The van der Waals surface area contributed by atoms with Crippen LogP contribution in [0.3, 0.4) is 0 Å². The van der Waals surface area contributed by atoms with E-state index in [0.29, 0.717) is 22.5 Å². The van der Waals surface area contributed by atoms with Gasteiger partial charge in [-0.1, -0.05) is 16.8 Å². The van der Waals surface area contributed by atoms with Gasteiger partial charge < -0.3 is 15.0 Å². The van der Waals surface area contributed by atoms with Crippen LogP contribution in [0.2, 0.25) is 5.02 Å². The Morgan fingerprint density at radius 3 is 2.89 bits per heavy atom. The van der Waals surface area contributed by atoms with E-state index in [1.807, 2.05) is 6.92 Å². The number of nitrogens with zero attached hydrogens (tertiary/aromatic N) is 2. The van der Waals surface area contributed by atoms with Crippen molar-refractivity contribution in [2.45, 2.75) is 26.5 Å². The zero-order valence-corrected chi connectivity index (χ0v) is 10.9. The van der Waals surface area contributed by atoms with Gasteiger partial charge in [-0.2, -0.15) is 4.98 Å². The zero-order chi connectivity index (χ0) is 13.1. The Hall–Kier alpha value is -1.59. The molecule has 0 saturated heterocycles. The molecule has 18 heavy (non-hydrogen) atoms. The Morgan fingerprint density at radius 1 is 1.50 bits per heavy atom. The van der Waals surface area contributed by atoms with Crippen molar-refractivity contribution in [1.82, 2.24) is 10.1 Å². The standard InChI is InChI=1S/C12H14ClN3O2/c1-7(14)10-5-9(13)3-4-11(10)17-6-12-15-8(2)16-18-12/h3-5,7H,6,14H2,1-2H3. The maximum atomic E-state index is 5.93. The third-order valence-electron chi connectivity index (χ3n) is 2.38. The molecule has 2 N–H and O–H groups in total. The lowest BCUT2D eigenvalue weighted by atomic mass is 10.1. The number of halogens is 1. The van der Waals surface area contributed by atoms with Gasteiger partial charge in [-0.25, -0.2) is 0 Å². The summed E-state index contributed by atoms with van der Waals surface area (Å²) in [6.45, 7) is 3.83. The highest BCUT2D eigenvalue weighted by molar-refractivity contribution is 6.30. The van der Waals surface area contributed by atoms with Crippen molar-refractivity contribution in [3.8, 4) is 5.75 Å². The predicted molar refractivity (Wildman–Crippen MR) is 67.4 cm³/mol. The van der Waals surface area contributed by atoms with Crippen molar-refractivity contribution in [2.75, 3.05) is 0 Å². The molecule has 1 atom stereocenters. The summed E-state index contributed by atoms with van der Waals surface area (Å²) in [5, 5.41) is 4.32. The molecular weight excluding hydrogens is 254 g/mol. The van der Waals surface area contributed by atoms with Crippen LogP contribution in [0.4, 0.5) is 0 Å². The normalized spacial score (nSPS) is 12.4. The minimum atomic E-state index is -0.164. The topological polar surface area (TPSA) is 74.2 Å². The molecule has 0 aliphatic rings. The first-order valence-corrected chi connectivity index (χ1v) is 5.91. The quantitative estimate of drug-likeness (QED) is 0.922. The molecule has 2 aromatic rings. The van der Waals surface area contributed by atoms with Crippen LogP contribution in [0.15, 0.2) is 22.7 Å². The second-order valence-corrected chi connectivity index (χ2v) is 4.43. The largest absolute Gasteiger partial charge is 0.483 e. The van der Waals surface area contributed by atoms with Gasteiger partial charge in [0, 0.05) is 16.6 Å². The molecular formula is C12H14ClN3O2. The predicted octanol–water partition coefficient (Wildman–Crippen LogP) is 2.63. The van der Waals surface area contributed by atoms with Crippen molar-refractivity contribution < 1.29 is 9.26 Å². The summed E-state index contributed by atoms with van der Waals surface area (Å²) in [5.74, 6) is 1.68. The summed E-state index contributed by atoms with van der Waals surface area (Å²) in [6, 6.07) is 5.16.